The third kappa shape index (κ3) is 3.78. The Bertz CT molecular complexity index is 534. The van der Waals surface area contributed by atoms with Gasteiger partial charge in [0.1, 0.15) is 0 Å². The Kier molecular flexibility index (Phi) is 4.45. The lowest BCUT2D eigenvalue weighted by molar-refractivity contribution is -0.384. The zero-order valence-electron chi connectivity index (χ0n) is 9.59. The number of aliphatic hydroxyl groups is 1. The van der Waals surface area contributed by atoms with Crippen molar-refractivity contribution < 1.29 is 33.1 Å². The van der Waals surface area contributed by atoms with E-state index in [9.17, 15) is 28.1 Å². The van der Waals surface area contributed by atoms with Crippen LogP contribution in [0.15, 0.2) is 12.1 Å². The summed E-state index contributed by atoms with van der Waals surface area (Å²) in [7, 11) is 0. The molecule has 0 fully saturated rings. The van der Waals surface area contributed by atoms with Crippen LogP contribution in [0.4, 0.5) is 24.7 Å². The lowest BCUT2D eigenvalue weighted by Crippen LogP contribution is -2.35. The Morgan fingerprint density at radius 1 is 1.50 bits per heavy atom. The molecule has 110 valence electrons. The number of pyridine rings is 1. The number of nitrogens with zero attached hydrogens (tertiary/aromatic N) is 2. The molecule has 0 aromatic carbocycles. The van der Waals surface area contributed by atoms with Crippen molar-refractivity contribution in [3.05, 3.63) is 27.9 Å². The molecule has 8 nitrogen and oxygen atoms in total. The molecule has 1 atom stereocenters. The SMILES string of the molecule is O=C(O)c1ccc([N+](=O)[O-])c(NCC(O)C(F)(F)F)n1. The molecule has 0 aliphatic heterocycles. The standard InChI is InChI=1S/C9H8F3N3O5/c10-9(11,12)6(16)3-13-7-5(15(19)20)2-1-4(14-7)8(17)18/h1-2,6,16H,3H2,(H,13,14)(H,17,18). The number of carbonyl (C=O) groups is 1. The second-order valence-corrected chi connectivity index (χ2v) is 3.56. The van der Waals surface area contributed by atoms with Crippen molar-refractivity contribution in [3.8, 4) is 0 Å². The van der Waals surface area contributed by atoms with Crippen LogP contribution in [0, 0.1) is 10.1 Å². The van der Waals surface area contributed by atoms with Crippen LogP contribution >= 0.6 is 0 Å². The summed E-state index contributed by atoms with van der Waals surface area (Å²) in [5.41, 5.74) is -1.29. The Morgan fingerprint density at radius 3 is 2.55 bits per heavy atom. The quantitative estimate of drug-likeness (QED) is 0.547. The molecule has 0 aliphatic carbocycles. The van der Waals surface area contributed by atoms with Gasteiger partial charge in [-0.3, -0.25) is 10.1 Å². The molecule has 0 saturated carbocycles. The Morgan fingerprint density at radius 2 is 2.10 bits per heavy atom. The molecule has 1 rings (SSSR count). The van der Waals surface area contributed by atoms with Gasteiger partial charge in [0.25, 0.3) is 0 Å². The van der Waals surface area contributed by atoms with Crippen molar-refractivity contribution in [1.29, 1.82) is 0 Å². The molecule has 1 unspecified atom stereocenters. The summed E-state index contributed by atoms with van der Waals surface area (Å²) >= 11 is 0. The molecule has 0 aliphatic rings. The fourth-order valence-electron chi connectivity index (χ4n) is 1.16. The summed E-state index contributed by atoms with van der Waals surface area (Å²) in [6, 6.07) is 1.63. The molecular formula is C9H8F3N3O5. The van der Waals surface area contributed by atoms with E-state index in [-0.39, 0.29) is 0 Å². The highest BCUT2D eigenvalue weighted by atomic mass is 19.4. The summed E-state index contributed by atoms with van der Waals surface area (Å²) in [6.45, 7) is -1.10. The lowest BCUT2D eigenvalue weighted by Gasteiger charge is -2.15. The van der Waals surface area contributed by atoms with Crippen LogP contribution in [0.2, 0.25) is 0 Å². The van der Waals surface area contributed by atoms with E-state index in [1.807, 2.05) is 5.32 Å². The number of rotatable bonds is 5. The average molecular weight is 295 g/mol. The first-order valence-electron chi connectivity index (χ1n) is 5.00. The molecule has 1 aromatic heterocycles. The van der Waals surface area contributed by atoms with Gasteiger partial charge < -0.3 is 15.5 Å². The second kappa shape index (κ2) is 5.69. The maximum atomic E-state index is 12.1. The Balaban J connectivity index is 2.99. The van der Waals surface area contributed by atoms with Gasteiger partial charge in [0, 0.05) is 6.07 Å². The number of nitro groups is 1. The Hall–Kier alpha value is -2.43. The molecular weight excluding hydrogens is 287 g/mol. The molecule has 0 amide bonds. The van der Waals surface area contributed by atoms with E-state index < -0.39 is 46.9 Å². The number of anilines is 1. The molecule has 3 N–H and O–H groups in total. The van der Waals surface area contributed by atoms with Gasteiger partial charge in [-0.25, -0.2) is 9.78 Å². The van der Waals surface area contributed by atoms with E-state index in [1.165, 1.54) is 0 Å². The number of hydrogen-bond acceptors (Lipinski definition) is 6. The van der Waals surface area contributed by atoms with E-state index in [0.29, 0.717) is 0 Å². The topological polar surface area (TPSA) is 126 Å². The number of aliphatic hydroxyl groups excluding tert-OH is 1. The number of carboxylic acid groups (broad SMARTS) is 1. The first kappa shape index (κ1) is 15.6. The van der Waals surface area contributed by atoms with Crippen LogP contribution in [0.5, 0.6) is 0 Å². The van der Waals surface area contributed by atoms with E-state index in [2.05, 4.69) is 4.98 Å². The predicted molar refractivity (Wildman–Crippen MR) is 58.4 cm³/mol. The minimum absolute atomic E-state index is 0.584. The van der Waals surface area contributed by atoms with E-state index in [4.69, 9.17) is 10.2 Å². The van der Waals surface area contributed by atoms with Gasteiger partial charge in [0.15, 0.2) is 11.8 Å². The smallest absolute Gasteiger partial charge is 0.416 e. The zero-order chi connectivity index (χ0) is 15.5. The number of aromatic nitrogens is 1. The molecule has 20 heavy (non-hydrogen) atoms. The number of aromatic carboxylic acids is 1. The summed E-state index contributed by atoms with van der Waals surface area (Å²) in [5, 5.41) is 30.0. The number of alkyl halides is 3. The van der Waals surface area contributed by atoms with Crippen molar-refractivity contribution in [3.63, 3.8) is 0 Å². The summed E-state index contributed by atoms with van der Waals surface area (Å²) in [6.07, 6.45) is -7.68. The van der Waals surface area contributed by atoms with Gasteiger partial charge in [-0.15, -0.1) is 0 Å². The molecule has 0 saturated heterocycles. The molecule has 0 radical (unpaired) electrons. The summed E-state index contributed by atoms with van der Waals surface area (Å²) in [5.74, 6) is -2.17. The van der Waals surface area contributed by atoms with Crippen LogP contribution < -0.4 is 5.32 Å². The highest BCUT2D eigenvalue weighted by Crippen LogP contribution is 2.24. The van der Waals surface area contributed by atoms with E-state index in [0.717, 1.165) is 12.1 Å². The van der Waals surface area contributed by atoms with E-state index in [1.54, 1.807) is 0 Å². The van der Waals surface area contributed by atoms with Crippen molar-refractivity contribution in [1.82, 2.24) is 4.98 Å². The van der Waals surface area contributed by atoms with Crippen molar-refractivity contribution in [2.24, 2.45) is 0 Å². The highest BCUT2D eigenvalue weighted by Gasteiger charge is 2.38. The fourth-order valence-corrected chi connectivity index (χ4v) is 1.16. The highest BCUT2D eigenvalue weighted by molar-refractivity contribution is 5.86. The Labute approximate surface area is 109 Å². The number of halogens is 3. The first-order valence-corrected chi connectivity index (χ1v) is 5.00. The third-order valence-corrected chi connectivity index (χ3v) is 2.13. The zero-order valence-corrected chi connectivity index (χ0v) is 9.59. The third-order valence-electron chi connectivity index (χ3n) is 2.13. The largest absolute Gasteiger partial charge is 0.477 e. The molecule has 1 heterocycles. The summed E-state index contributed by atoms with van der Waals surface area (Å²) < 4.78 is 36.2. The minimum atomic E-state index is -4.91. The first-order chi connectivity index (χ1) is 9.12. The van der Waals surface area contributed by atoms with Gasteiger partial charge in [0.2, 0.25) is 5.82 Å². The predicted octanol–water partition coefficient (Wildman–Crippen LogP) is 1.02. The monoisotopic (exact) mass is 295 g/mol. The van der Waals surface area contributed by atoms with Crippen molar-refractivity contribution in [2.45, 2.75) is 12.3 Å². The number of carboxylic acids is 1. The lowest BCUT2D eigenvalue weighted by atomic mass is 10.3. The normalized spacial score (nSPS) is 12.8. The minimum Gasteiger partial charge on any atom is -0.477 e. The molecule has 0 bridgehead atoms. The maximum Gasteiger partial charge on any atom is 0.416 e. The van der Waals surface area contributed by atoms with Crippen LogP contribution in [-0.2, 0) is 0 Å². The van der Waals surface area contributed by atoms with Gasteiger partial charge in [-0.1, -0.05) is 0 Å². The molecule has 11 heteroatoms. The van der Waals surface area contributed by atoms with Crippen LogP contribution in [0.25, 0.3) is 0 Å². The van der Waals surface area contributed by atoms with Crippen molar-refractivity contribution in [2.75, 3.05) is 11.9 Å². The van der Waals surface area contributed by atoms with Gasteiger partial charge in [-0.2, -0.15) is 13.2 Å². The van der Waals surface area contributed by atoms with Crippen molar-refractivity contribution >= 4 is 17.5 Å². The van der Waals surface area contributed by atoms with Gasteiger partial charge in [0.05, 0.1) is 11.5 Å². The molecule has 0 spiro atoms. The van der Waals surface area contributed by atoms with Crippen LogP contribution in [0.1, 0.15) is 10.5 Å². The average Bonchev–Trinajstić information content (AvgIpc) is 2.33. The van der Waals surface area contributed by atoms with Crippen LogP contribution in [0.3, 0.4) is 0 Å². The molecule has 1 aromatic rings. The number of hydrogen-bond donors (Lipinski definition) is 3. The van der Waals surface area contributed by atoms with Gasteiger partial charge in [-0.05, 0) is 6.07 Å². The maximum absolute atomic E-state index is 12.1. The van der Waals surface area contributed by atoms with E-state index >= 15 is 0 Å². The summed E-state index contributed by atoms with van der Waals surface area (Å²) in [4.78, 5) is 23.7. The second-order valence-electron chi connectivity index (χ2n) is 3.56. The van der Waals surface area contributed by atoms with Gasteiger partial charge >= 0.3 is 17.8 Å². The van der Waals surface area contributed by atoms with Crippen LogP contribution in [-0.4, -0.2) is 44.9 Å². The fraction of sp³-hybridized carbons (Fsp3) is 0.333. The number of nitrogens with one attached hydrogen (secondary N) is 1.